The van der Waals surface area contributed by atoms with Gasteiger partial charge in [0.05, 0.1) is 29.5 Å². The molecule has 0 aromatic carbocycles. The maximum Gasteiger partial charge on any atom is 0.254 e. The van der Waals surface area contributed by atoms with Crippen LogP contribution in [0.3, 0.4) is 0 Å². The van der Waals surface area contributed by atoms with Crippen molar-refractivity contribution in [2.24, 2.45) is 0 Å². The highest BCUT2D eigenvalue weighted by atomic mass is 32.1. The van der Waals surface area contributed by atoms with Crippen molar-refractivity contribution in [2.75, 3.05) is 0 Å². The number of hydrogen-bond acceptors (Lipinski definition) is 4. The summed E-state index contributed by atoms with van der Waals surface area (Å²) in [4.78, 5) is 19.1. The number of thiazole rings is 1. The Morgan fingerprint density at radius 2 is 2.44 bits per heavy atom. The first kappa shape index (κ1) is 10.7. The maximum absolute atomic E-state index is 13.2. The molecular weight excluding hydrogens is 229 g/mol. The predicted octanol–water partition coefficient (Wildman–Crippen LogP) is 1.61. The van der Waals surface area contributed by atoms with E-state index in [1.54, 1.807) is 5.51 Å². The van der Waals surface area contributed by atoms with E-state index in [9.17, 15) is 9.18 Å². The van der Waals surface area contributed by atoms with Crippen LogP contribution in [-0.2, 0) is 6.54 Å². The summed E-state index contributed by atoms with van der Waals surface area (Å²) in [6.45, 7) is 0.296. The van der Waals surface area contributed by atoms with Crippen LogP contribution in [0.1, 0.15) is 16.1 Å². The Kier molecular flexibility index (Phi) is 3.21. The van der Waals surface area contributed by atoms with E-state index in [0.717, 1.165) is 11.9 Å². The molecule has 2 rings (SSSR count). The Balaban J connectivity index is 2.01. The fourth-order valence-corrected chi connectivity index (χ4v) is 1.71. The van der Waals surface area contributed by atoms with Crippen molar-refractivity contribution >= 4 is 17.2 Å². The Hall–Kier alpha value is -1.82. The van der Waals surface area contributed by atoms with Crippen molar-refractivity contribution in [3.8, 4) is 0 Å². The zero-order valence-corrected chi connectivity index (χ0v) is 9.00. The normalized spacial score (nSPS) is 10.1. The van der Waals surface area contributed by atoms with Crippen molar-refractivity contribution in [1.29, 1.82) is 0 Å². The van der Waals surface area contributed by atoms with E-state index < -0.39 is 11.7 Å². The Labute approximate surface area is 95.2 Å². The summed E-state index contributed by atoms with van der Waals surface area (Å²) >= 11 is 1.44. The van der Waals surface area contributed by atoms with Crippen LogP contribution in [0.25, 0.3) is 0 Å². The Morgan fingerprint density at radius 1 is 1.56 bits per heavy atom. The lowest BCUT2D eigenvalue weighted by Gasteiger charge is -2.03. The summed E-state index contributed by atoms with van der Waals surface area (Å²) < 4.78 is 13.2. The highest BCUT2D eigenvalue weighted by Gasteiger charge is 2.10. The Bertz CT molecular complexity index is 487. The third-order valence-electron chi connectivity index (χ3n) is 1.93. The number of hydrogen-bond donors (Lipinski definition) is 1. The molecule has 1 amide bonds. The average Bonchev–Trinajstić information content (AvgIpc) is 2.79. The van der Waals surface area contributed by atoms with E-state index in [1.165, 1.54) is 23.6 Å². The number of amides is 1. The molecular formula is C10H8FN3OS. The van der Waals surface area contributed by atoms with Crippen molar-refractivity contribution in [1.82, 2.24) is 15.3 Å². The molecule has 4 nitrogen and oxygen atoms in total. The van der Waals surface area contributed by atoms with Crippen LogP contribution >= 0.6 is 11.3 Å². The van der Waals surface area contributed by atoms with Gasteiger partial charge in [-0.1, -0.05) is 0 Å². The smallest absolute Gasteiger partial charge is 0.254 e. The predicted molar refractivity (Wildman–Crippen MR) is 57.5 cm³/mol. The molecule has 2 aromatic heterocycles. The van der Waals surface area contributed by atoms with Gasteiger partial charge in [0.2, 0.25) is 0 Å². The summed E-state index contributed by atoms with van der Waals surface area (Å²) in [5.74, 6) is -1.09. The van der Waals surface area contributed by atoms with E-state index in [1.807, 2.05) is 5.38 Å². The molecule has 0 aliphatic carbocycles. The highest BCUT2D eigenvalue weighted by Crippen LogP contribution is 2.05. The molecule has 0 aliphatic rings. The van der Waals surface area contributed by atoms with Crippen LogP contribution in [0.15, 0.2) is 29.4 Å². The molecule has 0 aliphatic heterocycles. The van der Waals surface area contributed by atoms with Crippen LogP contribution in [0, 0.1) is 5.82 Å². The third-order valence-corrected chi connectivity index (χ3v) is 2.57. The Morgan fingerprint density at radius 3 is 3.12 bits per heavy atom. The molecule has 0 saturated carbocycles. The second-order valence-electron chi connectivity index (χ2n) is 3.02. The largest absolute Gasteiger partial charge is 0.346 e. The molecule has 0 atom stereocenters. The van der Waals surface area contributed by atoms with Gasteiger partial charge in [0.15, 0.2) is 5.82 Å². The molecule has 2 heterocycles. The molecule has 0 bridgehead atoms. The lowest BCUT2D eigenvalue weighted by atomic mass is 10.2. The first-order valence-corrected chi connectivity index (χ1v) is 5.46. The molecule has 6 heteroatoms. The highest BCUT2D eigenvalue weighted by molar-refractivity contribution is 7.07. The summed E-state index contributed by atoms with van der Waals surface area (Å²) in [6, 6.07) is 1.34. The van der Waals surface area contributed by atoms with Crippen LogP contribution in [-0.4, -0.2) is 15.9 Å². The van der Waals surface area contributed by atoms with Crippen LogP contribution in [0.2, 0.25) is 0 Å². The molecule has 1 N–H and O–H groups in total. The fourth-order valence-electron chi connectivity index (χ4n) is 1.15. The number of aromatic nitrogens is 2. The van der Waals surface area contributed by atoms with Gasteiger partial charge in [-0.15, -0.1) is 11.3 Å². The maximum atomic E-state index is 13.2. The molecule has 16 heavy (non-hydrogen) atoms. The topological polar surface area (TPSA) is 54.9 Å². The SMILES string of the molecule is O=C(NCc1cscn1)c1ccncc1F. The molecule has 0 spiro atoms. The van der Waals surface area contributed by atoms with Gasteiger partial charge >= 0.3 is 0 Å². The number of carbonyl (C=O) groups excluding carboxylic acids is 1. The first-order chi connectivity index (χ1) is 7.77. The summed E-state index contributed by atoms with van der Waals surface area (Å²) in [5.41, 5.74) is 2.42. The van der Waals surface area contributed by atoms with Crippen LogP contribution in [0.4, 0.5) is 4.39 Å². The third kappa shape index (κ3) is 2.40. The number of carbonyl (C=O) groups is 1. The number of rotatable bonds is 3. The van der Waals surface area contributed by atoms with Gasteiger partial charge in [0.25, 0.3) is 5.91 Å². The quantitative estimate of drug-likeness (QED) is 0.882. The molecule has 2 aromatic rings. The van der Waals surface area contributed by atoms with Gasteiger partial charge in [0.1, 0.15) is 0 Å². The zero-order valence-electron chi connectivity index (χ0n) is 8.18. The first-order valence-electron chi connectivity index (χ1n) is 4.52. The van der Waals surface area contributed by atoms with Crippen molar-refractivity contribution in [2.45, 2.75) is 6.54 Å². The minimum atomic E-state index is -0.627. The van der Waals surface area contributed by atoms with E-state index in [2.05, 4.69) is 15.3 Å². The van der Waals surface area contributed by atoms with Gasteiger partial charge in [-0.3, -0.25) is 9.78 Å². The van der Waals surface area contributed by atoms with E-state index in [0.29, 0.717) is 6.54 Å². The average molecular weight is 237 g/mol. The second kappa shape index (κ2) is 4.80. The molecule has 0 radical (unpaired) electrons. The van der Waals surface area contributed by atoms with E-state index in [-0.39, 0.29) is 5.56 Å². The minimum Gasteiger partial charge on any atom is -0.346 e. The summed E-state index contributed by atoms with van der Waals surface area (Å²) in [5, 5.41) is 4.40. The molecule has 82 valence electrons. The van der Waals surface area contributed by atoms with Gasteiger partial charge < -0.3 is 5.32 Å². The van der Waals surface area contributed by atoms with Gasteiger partial charge in [-0.25, -0.2) is 9.37 Å². The molecule has 0 unspecified atom stereocenters. The summed E-state index contributed by atoms with van der Waals surface area (Å²) in [6.07, 6.45) is 2.39. The van der Waals surface area contributed by atoms with Gasteiger partial charge in [-0.2, -0.15) is 0 Å². The lowest BCUT2D eigenvalue weighted by molar-refractivity contribution is 0.0946. The number of nitrogens with one attached hydrogen (secondary N) is 1. The number of nitrogens with zero attached hydrogens (tertiary/aromatic N) is 2. The van der Waals surface area contributed by atoms with E-state index >= 15 is 0 Å². The molecule has 0 saturated heterocycles. The van der Waals surface area contributed by atoms with Crippen molar-refractivity contribution < 1.29 is 9.18 Å². The molecule has 0 fully saturated rings. The van der Waals surface area contributed by atoms with Crippen LogP contribution < -0.4 is 5.32 Å². The standard InChI is InChI=1S/C10H8FN3OS/c11-9-4-12-2-1-8(9)10(15)13-3-7-5-16-6-14-7/h1-2,4-6H,3H2,(H,13,15). The number of pyridine rings is 1. The van der Waals surface area contributed by atoms with Crippen molar-refractivity contribution in [3.63, 3.8) is 0 Å². The fraction of sp³-hybridized carbons (Fsp3) is 0.100. The zero-order chi connectivity index (χ0) is 11.4. The van der Waals surface area contributed by atoms with E-state index in [4.69, 9.17) is 0 Å². The lowest BCUT2D eigenvalue weighted by Crippen LogP contribution is -2.24. The monoisotopic (exact) mass is 237 g/mol. The van der Waals surface area contributed by atoms with Crippen molar-refractivity contribution in [3.05, 3.63) is 46.4 Å². The second-order valence-corrected chi connectivity index (χ2v) is 3.74. The minimum absolute atomic E-state index is 0.00905. The van der Waals surface area contributed by atoms with Gasteiger partial charge in [-0.05, 0) is 6.07 Å². The summed E-state index contributed by atoms with van der Waals surface area (Å²) in [7, 11) is 0. The number of halogens is 1. The van der Waals surface area contributed by atoms with Gasteiger partial charge in [0, 0.05) is 11.6 Å². The van der Waals surface area contributed by atoms with Crippen LogP contribution in [0.5, 0.6) is 0 Å².